The van der Waals surface area contributed by atoms with Crippen molar-refractivity contribution in [2.75, 3.05) is 6.61 Å². The molecule has 12 heavy (non-hydrogen) atoms. The quantitative estimate of drug-likeness (QED) is 0.499. The van der Waals surface area contributed by atoms with Crippen LogP contribution in [0.4, 0.5) is 0 Å². The molecule has 2 rings (SSSR count). The van der Waals surface area contributed by atoms with Crippen LogP contribution in [0.25, 0.3) is 0 Å². The van der Waals surface area contributed by atoms with Crippen molar-refractivity contribution in [3.63, 3.8) is 0 Å². The molecule has 0 radical (unpaired) electrons. The summed E-state index contributed by atoms with van der Waals surface area (Å²) in [7, 11) is 0. The Hall–Kier alpha value is -0.770. The van der Waals surface area contributed by atoms with Crippen molar-refractivity contribution in [1.29, 1.82) is 0 Å². The van der Waals surface area contributed by atoms with Crippen LogP contribution in [0.3, 0.4) is 0 Å². The fourth-order valence-corrected chi connectivity index (χ4v) is 1.79. The molecular weight excluding hydrogens is 222 g/mol. The van der Waals surface area contributed by atoms with Gasteiger partial charge in [0.1, 0.15) is 0 Å². The van der Waals surface area contributed by atoms with E-state index in [9.17, 15) is 5.21 Å². The maximum atomic E-state index is 11.2. The van der Waals surface area contributed by atoms with Crippen molar-refractivity contribution in [2.24, 2.45) is 0 Å². The molecule has 0 fully saturated rings. The summed E-state index contributed by atoms with van der Waals surface area (Å²) in [5.41, 5.74) is 0.732. The lowest BCUT2D eigenvalue weighted by Gasteiger charge is -2.16. The Bertz CT molecular complexity index is 283. The first-order valence-corrected chi connectivity index (χ1v) is 4.61. The standard InChI is InChI=1S/C8H8BrNO2/c9-6-3-4-10(11)7-2-1-5-12-8(6)7/h3-4H,1-2,5H2. The van der Waals surface area contributed by atoms with E-state index in [0.29, 0.717) is 12.4 Å². The molecule has 0 amide bonds. The maximum Gasteiger partial charge on any atom is 0.236 e. The molecular formula is C8H8BrNO2. The molecule has 0 saturated heterocycles. The van der Waals surface area contributed by atoms with Crippen LogP contribution in [-0.4, -0.2) is 6.61 Å². The lowest BCUT2D eigenvalue weighted by Crippen LogP contribution is -2.34. The Morgan fingerprint density at radius 3 is 3.17 bits per heavy atom. The van der Waals surface area contributed by atoms with Crippen LogP contribution in [0.2, 0.25) is 0 Å². The molecule has 1 aromatic rings. The predicted octanol–water partition coefficient (Wildman–Crippen LogP) is 1.41. The number of pyridine rings is 1. The third-order valence-electron chi connectivity index (χ3n) is 1.91. The highest BCUT2D eigenvalue weighted by Crippen LogP contribution is 2.29. The van der Waals surface area contributed by atoms with Crippen LogP contribution in [0.1, 0.15) is 12.1 Å². The molecule has 0 aromatic carbocycles. The van der Waals surface area contributed by atoms with Crippen molar-refractivity contribution in [3.05, 3.63) is 27.6 Å². The van der Waals surface area contributed by atoms with Gasteiger partial charge < -0.3 is 9.94 Å². The highest BCUT2D eigenvalue weighted by Gasteiger charge is 2.21. The van der Waals surface area contributed by atoms with Gasteiger partial charge in [0.2, 0.25) is 11.4 Å². The predicted molar refractivity (Wildman–Crippen MR) is 46.9 cm³/mol. The van der Waals surface area contributed by atoms with Crippen LogP contribution in [0.15, 0.2) is 16.7 Å². The second-order valence-corrected chi connectivity index (χ2v) is 3.57. The van der Waals surface area contributed by atoms with E-state index in [-0.39, 0.29) is 0 Å². The lowest BCUT2D eigenvalue weighted by atomic mass is 10.2. The molecule has 0 spiro atoms. The minimum Gasteiger partial charge on any atom is -0.618 e. The molecule has 0 atom stereocenters. The van der Waals surface area contributed by atoms with E-state index in [2.05, 4.69) is 15.9 Å². The van der Waals surface area contributed by atoms with Crippen molar-refractivity contribution in [1.82, 2.24) is 0 Å². The Balaban J connectivity index is 2.57. The molecule has 1 aliphatic heterocycles. The maximum absolute atomic E-state index is 11.2. The second kappa shape index (κ2) is 2.94. The highest BCUT2D eigenvalue weighted by atomic mass is 79.9. The number of hydrogen-bond donors (Lipinski definition) is 0. The molecule has 2 heterocycles. The smallest absolute Gasteiger partial charge is 0.236 e. The zero-order valence-electron chi connectivity index (χ0n) is 6.42. The fourth-order valence-electron chi connectivity index (χ4n) is 1.33. The van der Waals surface area contributed by atoms with E-state index in [1.165, 1.54) is 6.20 Å². The van der Waals surface area contributed by atoms with Crippen LogP contribution in [0.5, 0.6) is 5.75 Å². The van der Waals surface area contributed by atoms with Gasteiger partial charge in [0, 0.05) is 12.5 Å². The van der Waals surface area contributed by atoms with E-state index < -0.39 is 0 Å². The summed E-state index contributed by atoms with van der Waals surface area (Å²) in [5, 5.41) is 11.2. The number of fused-ring (bicyclic) bond motifs is 1. The van der Waals surface area contributed by atoms with Crippen LogP contribution in [0, 0.1) is 5.21 Å². The van der Waals surface area contributed by atoms with Gasteiger partial charge in [-0.2, -0.15) is 4.73 Å². The van der Waals surface area contributed by atoms with Gasteiger partial charge in [-0.15, -0.1) is 0 Å². The van der Waals surface area contributed by atoms with E-state index in [1.807, 2.05) is 0 Å². The SMILES string of the molecule is [O-][n+]1ccc(Br)c2c1CCCO2. The van der Waals surface area contributed by atoms with Crippen LogP contribution < -0.4 is 9.47 Å². The van der Waals surface area contributed by atoms with E-state index >= 15 is 0 Å². The van der Waals surface area contributed by atoms with Crippen molar-refractivity contribution in [3.8, 4) is 5.75 Å². The normalized spacial score (nSPS) is 15.1. The molecule has 1 aromatic heterocycles. The Kier molecular flexibility index (Phi) is 1.92. The van der Waals surface area contributed by atoms with Gasteiger partial charge in [-0.25, -0.2) is 0 Å². The fraction of sp³-hybridized carbons (Fsp3) is 0.375. The monoisotopic (exact) mass is 229 g/mol. The minimum absolute atomic E-state index is 0.704. The van der Waals surface area contributed by atoms with Gasteiger partial charge in [0.15, 0.2) is 6.20 Å². The zero-order valence-corrected chi connectivity index (χ0v) is 8.00. The van der Waals surface area contributed by atoms with Gasteiger partial charge in [-0.05, 0) is 22.4 Å². The number of nitrogens with zero attached hydrogens (tertiary/aromatic N) is 1. The Labute approximate surface area is 78.7 Å². The number of ether oxygens (including phenoxy) is 1. The first kappa shape index (κ1) is 7.86. The van der Waals surface area contributed by atoms with Crippen molar-refractivity contribution >= 4 is 15.9 Å². The summed E-state index contributed by atoms with van der Waals surface area (Å²) in [5.74, 6) is 0.707. The highest BCUT2D eigenvalue weighted by molar-refractivity contribution is 9.10. The summed E-state index contributed by atoms with van der Waals surface area (Å²) < 4.78 is 7.11. The summed E-state index contributed by atoms with van der Waals surface area (Å²) in [6, 6.07) is 1.71. The number of aromatic nitrogens is 1. The third-order valence-corrected chi connectivity index (χ3v) is 2.53. The average Bonchev–Trinajstić information content (AvgIpc) is 2.12. The van der Waals surface area contributed by atoms with Crippen LogP contribution >= 0.6 is 15.9 Å². The van der Waals surface area contributed by atoms with E-state index in [4.69, 9.17) is 4.74 Å². The van der Waals surface area contributed by atoms with Crippen molar-refractivity contribution in [2.45, 2.75) is 12.8 Å². The molecule has 0 unspecified atom stereocenters. The molecule has 0 N–H and O–H groups in total. The number of hydrogen-bond acceptors (Lipinski definition) is 2. The molecule has 3 nitrogen and oxygen atoms in total. The topological polar surface area (TPSA) is 36.2 Å². The van der Waals surface area contributed by atoms with E-state index in [1.54, 1.807) is 6.07 Å². The first-order chi connectivity index (χ1) is 5.79. The van der Waals surface area contributed by atoms with Gasteiger partial charge >= 0.3 is 0 Å². The molecule has 0 saturated carbocycles. The summed E-state index contributed by atoms with van der Waals surface area (Å²) >= 11 is 3.34. The largest absolute Gasteiger partial charge is 0.618 e. The van der Waals surface area contributed by atoms with Gasteiger partial charge in [0.25, 0.3) is 0 Å². The summed E-state index contributed by atoms with van der Waals surface area (Å²) in [6.45, 7) is 0.704. The minimum atomic E-state index is 0.704. The molecule has 64 valence electrons. The van der Waals surface area contributed by atoms with Gasteiger partial charge in [-0.3, -0.25) is 0 Å². The zero-order chi connectivity index (χ0) is 8.55. The lowest BCUT2D eigenvalue weighted by molar-refractivity contribution is -0.615. The first-order valence-electron chi connectivity index (χ1n) is 3.82. The molecule has 4 heteroatoms. The Morgan fingerprint density at radius 1 is 1.58 bits per heavy atom. The van der Waals surface area contributed by atoms with Gasteiger partial charge in [0.05, 0.1) is 11.1 Å². The van der Waals surface area contributed by atoms with Crippen molar-refractivity contribution < 1.29 is 9.47 Å². The number of halogens is 1. The third kappa shape index (κ3) is 1.16. The second-order valence-electron chi connectivity index (χ2n) is 2.72. The average molecular weight is 230 g/mol. The summed E-state index contributed by atoms with van der Waals surface area (Å²) in [6.07, 6.45) is 3.22. The summed E-state index contributed by atoms with van der Waals surface area (Å²) in [4.78, 5) is 0. The molecule has 0 aliphatic carbocycles. The molecule has 0 bridgehead atoms. The molecule has 1 aliphatic rings. The van der Waals surface area contributed by atoms with E-state index in [0.717, 1.165) is 27.7 Å². The van der Waals surface area contributed by atoms with Gasteiger partial charge in [-0.1, -0.05) is 0 Å². The Morgan fingerprint density at radius 2 is 2.42 bits per heavy atom. The number of rotatable bonds is 0. The van der Waals surface area contributed by atoms with Crippen LogP contribution in [-0.2, 0) is 6.42 Å².